The van der Waals surface area contributed by atoms with Gasteiger partial charge in [-0.15, -0.1) is 0 Å². The minimum atomic E-state index is -0.189. The number of methoxy groups -OCH3 is 1. The molecule has 1 aliphatic carbocycles. The van der Waals surface area contributed by atoms with Gasteiger partial charge < -0.3 is 10.1 Å². The highest BCUT2D eigenvalue weighted by Crippen LogP contribution is 2.44. The Morgan fingerprint density at radius 3 is 2.57 bits per heavy atom. The van der Waals surface area contributed by atoms with Gasteiger partial charge in [0.25, 0.3) is 0 Å². The molecule has 2 aliphatic rings. The van der Waals surface area contributed by atoms with Crippen molar-refractivity contribution >= 4 is 5.97 Å². The van der Waals surface area contributed by atoms with E-state index < -0.39 is 0 Å². The number of rotatable bonds is 2. The maximum atomic E-state index is 11.9. The van der Waals surface area contributed by atoms with Crippen LogP contribution in [0, 0.1) is 5.41 Å². The predicted octanol–water partition coefficient (Wildman–Crippen LogP) is 1.47. The van der Waals surface area contributed by atoms with Gasteiger partial charge in [-0.3, -0.25) is 4.79 Å². The number of nitrogens with one attached hydrogen (secondary N) is 1. The Morgan fingerprint density at radius 1 is 1.36 bits per heavy atom. The third-order valence-corrected chi connectivity index (χ3v) is 3.82. The first-order valence-electron chi connectivity index (χ1n) is 5.61. The zero-order chi connectivity index (χ0) is 10.0. The van der Waals surface area contributed by atoms with Crippen molar-refractivity contribution in [1.82, 2.24) is 5.32 Å². The largest absolute Gasteiger partial charge is 0.469 e. The van der Waals surface area contributed by atoms with Gasteiger partial charge in [-0.2, -0.15) is 0 Å². The van der Waals surface area contributed by atoms with Gasteiger partial charge in [0.15, 0.2) is 0 Å². The lowest BCUT2D eigenvalue weighted by atomic mass is 9.78. The van der Waals surface area contributed by atoms with Crippen molar-refractivity contribution in [2.24, 2.45) is 5.41 Å². The molecule has 1 heterocycles. The molecule has 3 heteroatoms. The molecule has 80 valence electrons. The molecule has 1 atom stereocenters. The van der Waals surface area contributed by atoms with E-state index >= 15 is 0 Å². The number of hydrogen-bond acceptors (Lipinski definition) is 3. The molecule has 2 rings (SSSR count). The van der Waals surface area contributed by atoms with Gasteiger partial charge in [0.2, 0.25) is 0 Å². The number of carbonyl (C=O) groups is 1. The topological polar surface area (TPSA) is 38.3 Å². The summed E-state index contributed by atoms with van der Waals surface area (Å²) in [5.41, 5.74) is -0.189. The zero-order valence-electron chi connectivity index (χ0n) is 8.84. The molecule has 1 unspecified atom stereocenters. The monoisotopic (exact) mass is 197 g/mol. The molecule has 0 radical (unpaired) electrons. The first-order valence-corrected chi connectivity index (χ1v) is 5.61. The van der Waals surface area contributed by atoms with Crippen molar-refractivity contribution in [2.45, 2.75) is 44.6 Å². The van der Waals surface area contributed by atoms with Gasteiger partial charge >= 0.3 is 5.97 Å². The second kappa shape index (κ2) is 3.89. The third kappa shape index (κ3) is 1.44. The highest BCUT2D eigenvalue weighted by atomic mass is 16.5. The molecule has 0 aromatic rings. The van der Waals surface area contributed by atoms with Crippen molar-refractivity contribution < 1.29 is 9.53 Å². The Hall–Kier alpha value is -0.570. The van der Waals surface area contributed by atoms with E-state index in [1.54, 1.807) is 0 Å². The summed E-state index contributed by atoms with van der Waals surface area (Å²) < 4.78 is 4.97. The third-order valence-electron chi connectivity index (χ3n) is 3.82. The summed E-state index contributed by atoms with van der Waals surface area (Å²) in [5, 5.41) is 3.45. The lowest BCUT2D eigenvalue weighted by Crippen LogP contribution is -2.46. The molecule has 0 aromatic heterocycles. The lowest BCUT2D eigenvalue weighted by Gasteiger charge is -2.32. The number of esters is 1. The summed E-state index contributed by atoms with van der Waals surface area (Å²) in [5.74, 6) is 0.00870. The minimum absolute atomic E-state index is 0.00870. The summed E-state index contributed by atoms with van der Waals surface area (Å²) in [6.45, 7) is 1.06. The Labute approximate surface area is 85.2 Å². The Balaban J connectivity index is 2.16. The fraction of sp³-hybridized carbons (Fsp3) is 0.909. The number of hydrogen-bond donors (Lipinski definition) is 1. The van der Waals surface area contributed by atoms with E-state index in [1.165, 1.54) is 26.4 Å². The van der Waals surface area contributed by atoms with Crippen LogP contribution < -0.4 is 5.32 Å². The van der Waals surface area contributed by atoms with Crippen LogP contribution in [0.3, 0.4) is 0 Å². The average molecular weight is 197 g/mol. The van der Waals surface area contributed by atoms with Crippen molar-refractivity contribution in [2.75, 3.05) is 13.7 Å². The Kier molecular flexibility index (Phi) is 2.77. The molecular formula is C11H19NO2. The van der Waals surface area contributed by atoms with Gasteiger partial charge in [-0.05, 0) is 32.2 Å². The van der Waals surface area contributed by atoms with Crippen LogP contribution in [0.25, 0.3) is 0 Å². The number of carbonyl (C=O) groups excluding carboxylic acids is 1. The zero-order valence-corrected chi connectivity index (χ0v) is 8.84. The molecule has 1 saturated carbocycles. The molecule has 1 aliphatic heterocycles. The molecular weight excluding hydrogens is 178 g/mol. The summed E-state index contributed by atoms with van der Waals surface area (Å²) in [6.07, 6.45) is 6.70. The highest BCUT2D eigenvalue weighted by Gasteiger charge is 2.49. The van der Waals surface area contributed by atoms with Crippen molar-refractivity contribution in [1.29, 1.82) is 0 Å². The second-order valence-corrected chi connectivity index (χ2v) is 4.50. The summed E-state index contributed by atoms with van der Waals surface area (Å²) >= 11 is 0. The quantitative estimate of drug-likeness (QED) is 0.681. The Morgan fingerprint density at radius 2 is 2.07 bits per heavy atom. The molecule has 0 spiro atoms. The standard InChI is InChI=1S/C11H19NO2/c1-14-10(13)11(6-2-3-7-11)9-5-4-8-12-9/h9,12H,2-8H2,1H3. The van der Waals surface area contributed by atoms with Crippen LogP contribution >= 0.6 is 0 Å². The minimum Gasteiger partial charge on any atom is -0.469 e. The molecule has 0 aromatic carbocycles. The van der Waals surface area contributed by atoms with Crippen LogP contribution in [0.2, 0.25) is 0 Å². The number of ether oxygens (including phenoxy) is 1. The van der Waals surface area contributed by atoms with Crippen molar-refractivity contribution in [3.05, 3.63) is 0 Å². The van der Waals surface area contributed by atoms with Crippen LogP contribution in [0.15, 0.2) is 0 Å². The lowest BCUT2D eigenvalue weighted by molar-refractivity contribution is -0.154. The molecule has 1 saturated heterocycles. The summed E-state index contributed by atoms with van der Waals surface area (Å²) in [7, 11) is 1.51. The Bertz CT molecular complexity index is 215. The van der Waals surface area contributed by atoms with Crippen molar-refractivity contribution in [3.63, 3.8) is 0 Å². The van der Waals surface area contributed by atoms with Crippen LogP contribution in [0.1, 0.15) is 38.5 Å². The molecule has 0 amide bonds. The van der Waals surface area contributed by atoms with Crippen molar-refractivity contribution in [3.8, 4) is 0 Å². The van der Waals surface area contributed by atoms with Crippen LogP contribution in [0.5, 0.6) is 0 Å². The van der Waals surface area contributed by atoms with Gasteiger partial charge in [0, 0.05) is 6.04 Å². The fourth-order valence-electron chi connectivity index (χ4n) is 3.06. The van der Waals surface area contributed by atoms with E-state index in [0.717, 1.165) is 25.8 Å². The SMILES string of the molecule is COC(=O)C1(C2CCCN2)CCCC1. The van der Waals surface area contributed by atoms with Gasteiger partial charge in [-0.25, -0.2) is 0 Å². The summed E-state index contributed by atoms with van der Waals surface area (Å²) in [6, 6.07) is 0.373. The van der Waals surface area contributed by atoms with E-state index in [0.29, 0.717) is 6.04 Å². The summed E-state index contributed by atoms with van der Waals surface area (Å²) in [4.78, 5) is 11.9. The van der Waals surface area contributed by atoms with Gasteiger partial charge in [0.1, 0.15) is 0 Å². The van der Waals surface area contributed by atoms with Crippen LogP contribution in [-0.4, -0.2) is 25.7 Å². The second-order valence-electron chi connectivity index (χ2n) is 4.50. The smallest absolute Gasteiger partial charge is 0.313 e. The first-order chi connectivity index (χ1) is 6.79. The molecule has 0 bridgehead atoms. The maximum Gasteiger partial charge on any atom is 0.313 e. The van der Waals surface area contributed by atoms with Crippen LogP contribution in [-0.2, 0) is 9.53 Å². The van der Waals surface area contributed by atoms with E-state index in [1.807, 2.05) is 0 Å². The van der Waals surface area contributed by atoms with E-state index in [9.17, 15) is 4.79 Å². The van der Waals surface area contributed by atoms with Crippen LogP contribution in [0.4, 0.5) is 0 Å². The molecule has 2 fully saturated rings. The van der Waals surface area contributed by atoms with E-state index in [-0.39, 0.29) is 11.4 Å². The predicted molar refractivity (Wildman–Crippen MR) is 53.9 cm³/mol. The maximum absolute atomic E-state index is 11.9. The molecule has 1 N–H and O–H groups in total. The fourth-order valence-corrected chi connectivity index (χ4v) is 3.06. The first kappa shape index (κ1) is 9.97. The van der Waals surface area contributed by atoms with Gasteiger partial charge in [-0.1, -0.05) is 12.8 Å². The van der Waals surface area contributed by atoms with Gasteiger partial charge in [0.05, 0.1) is 12.5 Å². The van der Waals surface area contributed by atoms with E-state index in [4.69, 9.17) is 4.74 Å². The van der Waals surface area contributed by atoms with E-state index in [2.05, 4.69) is 5.32 Å². The normalized spacial score (nSPS) is 30.5. The molecule has 14 heavy (non-hydrogen) atoms. The molecule has 3 nitrogen and oxygen atoms in total. The highest BCUT2D eigenvalue weighted by molar-refractivity contribution is 5.78. The average Bonchev–Trinajstić information content (AvgIpc) is 2.86.